The van der Waals surface area contributed by atoms with Crippen LogP contribution in [0.5, 0.6) is 0 Å². The highest BCUT2D eigenvalue weighted by atomic mass is 16.6. The Kier molecular flexibility index (Phi) is 60.6. The maximum Gasteiger partial charge on any atom is 0.306 e. The van der Waals surface area contributed by atoms with Gasteiger partial charge in [0.1, 0.15) is 13.2 Å². The summed E-state index contributed by atoms with van der Waals surface area (Å²) in [4.78, 5) is 38.1. The quantitative estimate of drug-likeness (QED) is 0.0261. The molecule has 6 nitrogen and oxygen atoms in total. The number of ether oxygens (including phenoxy) is 3. The molecular formula is C67H126O6. The molecule has 0 spiro atoms. The highest BCUT2D eigenvalue weighted by Crippen LogP contribution is 2.18. The summed E-state index contributed by atoms with van der Waals surface area (Å²) in [5.74, 6) is -0.842. The van der Waals surface area contributed by atoms with Crippen LogP contribution in [0.4, 0.5) is 0 Å². The van der Waals surface area contributed by atoms with Crippen LogP contribution in [0, 0.1) is 0 Å². The molecule has 0 bridgehead atoms. The number of rotatable bonds is 61. The average molecular weight is 1030 g/mol. The van der Waals surface area contributed by atoms with Crippen molar-refractivity contribution in [2.75, 3.05) is 13.2 Å². The van der Waals surface area contributed by atoms with Gasteiger partial charge >= 0.3 is 17.9 Å². The van der Waals surface area contributed by atoms with Crippen molar-refractivity contribution in [3.63, 3.8) is 0 Å². The fourth-order valence-electron chi connectivity index (χ4n) is 10.0. The SMILES string of the molecule is CCCCCCC/C=C\C/C=C\CCCCCCCCCCCCCCCCCCCCCC(=O)OCC(COC(=O)CCCCCCCCCC)OC(=O)CCCCCCCCCCCCCCCCCC. The molecule has 0 aliphatic rings. The van der Waals surface area contributed by atoms with Gasteiger partial charge in [-0.15, -0.1) is 0 Å². The second-order valence-corrected chi connectivity index (χ2v) is 22.4. The van der Waals surface area contributed by atoms with E-state index in [1.54, 1.807) is 0 Å². The van der Waals surface area contributed by atoms with Gasteiger partial charge in [0.25, 0.3) is 0 Å². The molecule has 1 unspecified atom stereocenters. The zero-order valence-corrected chi connectivity index (χ0v) is 49.4. The molecule has 0 amide bonds. The predicted molar refractivity (Wildman–Crippen MR) is 316 cm³/mol. The second kappa shape index (κ2) is 62.4. The summed E-state index contributed by atoms with van der Waals surface area (Å²) in [6, 6.07) is 0. The molecule has 0 aliphatic heterocycles. The van der Waals surface area contributed by atoms with Crippen molar-refractivity contribution in [2.24, 2.45) is 0 Å². The summed E-state index contributed by atoms with van der Waals surface area (Å²) in [5, 5.41) is 0. The third-order valence-corrected chi connectivity index (χ3v) is 15.0. The van der Waals surface area contributed by atoms with Gasteiger partial charge in [0.05, 0.1) is 0 Å². The van der Waals surface area contributed by atoms with E-state index in [2.05, 4.69) is 45.1 Å². The van der Waals surface area contributed by atoms with Crippen LogP contribution in [0.1, 0.15) is 367 Å². The lowest BCUT2D eigenvalue weighted by atomic mass is 10.0. The van der Waals surface area contributed by atoms with Crippen LogP contribution >= 0.6 is 0 Å². The first kappa shape index (κ1) is 70.9. The van der Waals surface area contributed by atoms with Gasteiger partial charge in [0.15, 0.2) is 6.10 Å². The molecule has 0 heterocycles. The molecular weight excluding hydrogens is 901 g/mol. The Labute approximate surface area is 455 Å². The predicted octanol–water partition coefficient (Wildman–Crippen LogP) is 22.2. The van der Waals surface area contributed by atoms with Crippen LogP contribution in [0.3, 0.4) is 0 Å². The molecule has 0 aromatic heterocycles. The third kappa shape index (κ3) is 60.6. The zero-order valence-electron chi connectivity index (χ0n) is 49.4. The molecule has 6 heteroatoms. The molecule has 0 rings (SSSR count). The number of hydrogen-bond acceptors (Lipinski definition) is 6. The van der Waals surface area contributed by atoms with Gasteiger partial charge in [-0.05, 0) is 51.4 Å². The maximum absolute atomic E-state index is 12.8. The van der Waals surface area contributed by atoms with Crippen molar-refractivity contribution < 1.29 is 28.6 Å². The van der Waals surface area contributed by atoms with E-state index < -0.39 is 6.10 Å². The molecule has 73 heavy (non-hydrogen) atoms. The lowest BCUT2D eigenvalue weighted by Crippen LogP contribution is -2.30. The third-order valence-electron chi connectivity index (χ3n) is 15.0. The Morgan fingerprint density at radius 3 is 0.753 bits per heavy atom. The van der Waals surface area contributed by atoms with Gasteiger partial charge in [-0.25, -0.2) is 0 Å². The Morgan fingerprint density at radius 2 is 0.493 bits per heavy atom. The van der Waals surface area contributed by atoms with Crippen molar-refractivity contribution in [1.82, 2.24) is 0 Å². The summed E-state index contributed by atoms with van der Waals surface area (Å²) in [6.07, 6.45) is 75.1. The lowest BCUT2D eigenvalue weighted by molar-refractivity contribution is -0.167. The Bertz CT molecular complexity index is 1180. The molecule has 0 saturated heterocycles. The van der Waals surface area contributed by atoms with E-state index in [1.807, 2.05) is 0 Å². The maximum atomic E-state index is 12.8. The van der Waals surface area contributed by atoms with Crippen molar-refractivity contribution in [3.05, 3.63) is 24.3 Å². The Morgan fingerprint density at radius 1 is 0.274 bits per heavy atom. The summed E-state index contributed by atoms with van der Waals surface area (Å²) in [7, 11) is 0. The molecule has 0 N–H and O–H groups in total. The normalized spacial score (nSPS) is 12.1. The number of carbonyl (C=O) groups excluding carboxylic acids is 3. The summed E-state index contributed by atoms with van der Waals surface area (Å²) in [6.45, 7) is 6.66. The molecule has 0 aromatic carbocycles. The molecule has 0 aliphatic carbocycles. The lowest BCUT2D eigenvalue weighted by Gasteiger charge is -2.18. The molecule has 1 atom stereocenters. The standard InChI is InChI=1S/C67H126O6/c1-4-7-10-13-16-19-21-23-25-27-28-29-30-31-32-33-34-35-36-37-38-39-40-41-43-44-46-48-51-54-57-60-66(69)72-63-64(62-71-65(68)59-56-53-50-18-15-12-9-6-3)73-67(70)61-58-55-52-49-47-45-42-26-24-22-20-17-14-11-8-5-2/h21,23,27-28,64H,4-20,22,24-26,29-63H2,1-3H3/b23-21-,28-27-. The topological polar surface area (TPSA) is 78.9 Å². The van der Waals surface area contributed by atoms with E-state index in [4.69, 9.17) is 14.2 Å². The molecule has 0 aromatic rings. The fraction of sp³-hybridized carbons (Fsp3) is 0.896. The summed E-state index contributed by atoms with van der Waals surface area (Å²) in [5.41, 5.74) is 0. The minimum atomic E-state index is -0.763. The zero-order chi connectivity index (χ0) is 52.9. The van der Waals surface area contributed by atoms with Crippen LogP contribution in [0.25, 0.3) is 0 Å². The van der Waals surface area contributed by atoms with Gasteiger partial charge in [0.2, 0.25) is 0 Å². The Hall–Kier alpha value is -2.11. The minimum absolute atomic E-state index is 0.0641. The van der Waals surface area contributed by atoms with Gasteiger partial charge in [-0.2, -0.15) is 0 Å². The van der Waals surface area contributed by atoms with Gasteiger partial charge in [-0.1, -0.05) is 321 Å². The van der Waals surface area contributed by atoms with Crippen LogP contribution in [0.15, 0.2) is 24.3 Å². The minimum Gasteiger partial charge on any atom is -0.462 e. The monoisotopic (exact) mass is 1030 g/mol. The van der Waals surface area contributed by atoms with Crippen LogP contribution < -0.4 is 0 Å². The highest BCUT2D eigenvalue weighted by molar-refractivity contribution is 5.71. The van der Waals surface area contributed by atoms with Crippen molar-refractivity contribution in [2.45, 2.75) is 374 Å². The summed E-state index contributed by atoms with van der Waals surface area (Å²) >= 11 is 0. The molecule has 0 saturated carbocycles. The average Bonchev–Trinajstić information content (AvgIpc) is 3.39. The highest BCUT2D eigenvalue weighted by Gasteiger charge is 2.19. The number of carbonyl (C=O) groups is 3. The number of hydrogen-bond donors (Lipinski definition) is 0. The van der Waals surface area contributed by atoms with Gasteiger partial charge < -0.3 is 14.2 Å². The van der Waals surface area contributed by atoms with Crippen LogP contribution in [-0.4, -0.2) is 37.2 Å². The molecule has 0 fully saturated rings. The van der Waals surface area contributed by atoms with E-state index in [0.29, 0.717) is 19.3 Å². The first-order valence-corrected chi connectivity index (χ1v) is 32.8. The van der Waals surface area contributed by atoms with Crippen molar-refractivity contribution in [1.29, 1.82) is 0 Å². The van der Waals surface area contributed by atoms with E-state index in [9.17, 15) is 14.4 Å². The van der Waals surface area contributed by atoms with Crippen LogP contribution in [0.2, 0.25) is 0 Å². The van der Waals surface area contributed by atoms with Crippen molar-refractivity contribution >= 4 is 17.9 Å². The smallest absolute Gasteiger partial charge is 0.306 e. The second-order valence-electron chi connectivity index (χ2n) is 22.4. The molecule has 430 valence electrons. The summed E-state index contributed by atoms with van der Waals surface area (Å²) < 4.78 is 16.9. The van der Waals surface area contributed by atoms with Crippen LogP contribution in [-0.2, 0) is 28.6 Å². The number of allylic oxidation sites excluding steroid dienone is 4. The van der Waals surface area contributed by atoms with Gasteiger partial charge in [-0.3, -0.25) is 14.4 Å². The van der Waals surface area contributed by atoms with Gasteiger partial charge in [0, 0.05) is 19.3 Å². The first-order valence-electron chi connectivity index (χ1n) is 32.8. The van der Waals surface area contributed by atoms with E-state index in [-0.39, 0.29) is 31.1 Å². The largest absolute Gasteiger partial charge is 0.462 e. The van der Waals surface area contributed by atoms with E-state index in [0.717, 1.165) is 64.2 Å². The Balaban J connectivity index is 4.01. The van der Waals surface area contributed by atoms with E-state index in [1.165, 1.54) is 263 Å². The number of unbranched alkanes of at least 4 members (excludes halogenated alkanes) is 46. The number of esters is 3. The van der Waals surface area contributed by atoms with Crippen molar-refractivity contribution in [3.8, 4) is 0 Å². The molecule has 0 radical (unpaired) electrons. The fourth-order valence-corrected chi connectivity index (χ4v) is 10.0. The van der Waals surface area contributed by atoms with E-state index >= 15 is 0 Å². The first-order chi connectivity index (χ1) is 36.0.